The first kappa shape index (κ1) is 21.7. The third-order valence-electron chi connectivity index (χ3n) is 4.39. The molecule has 1 aliphatic heterocycles. The van der Waals surface area contributed by atoms with Crippen molar-refractivity contribution in [2.45, 2.75) is 32.7 Å². The highest BCUT2D eigenvalue weighted by atomic mass is 35.5. The standard InChI is InChI=1S/C16H23N5O4.ClH/c1-3-11(2)14(17)15(22)19-9-4-10-20(19)16(23)18-12-5-7-13(8-6-12)21(24)25;/h5-8,11,14H,3-4,9-10,17H2,1-2H3,(H,18,23);1H/t11?,14-;/m0./s1. The molecule has 3 amide bonds. The van der Waals surface area contributed by atoms with Gasteiger partial charge >= 0.3 is 6.03 Å². The Labute approximate surface area is 158 Å². The normalized spacial score (nSPS) is 15.8. The van der Waals surface area contributed by atoms with Crippen molar-refractivity contribution in [3.63, 3.8) is 0 Å². The van der Waals surface area contributed by atoms with E-state index < -0.39 is 17.0 Å². The molecule has 0 aliphatic carbocycles. The minimum absolute atomic E-state index is 0. The number of urea groups is 1. The number of nitro benzene ring substituents is 1. The Morgan fingerprint density at radius 3 is 2.38 bits per heavy atom. The van der Waals surface area contributed by atoms with Crippen LogP contribution in [-0.2, 0) is 4.79 Å². The Morgan fingerprint density at radius 2 is 1.85 bits per heavy atom. The lowest BCUT2D eigenvalue weighted by Crippen LogP contribution is -2.53. The molecule has 0 aromatic heterocycles. The number of carbonyl (C=O) groups excluding carboxylic acids is 2. The molecule has 2 rings (SSSR count). The van der Waals surface area contributed by atoms with Gasteiger partial charge in [-0.1, -0.05) is 20.3 Å². The highest BCUT2D eigenvalue weighted by Gasteiger charge is 2.34. The zero-order valence-electron chi connectivity index (χ0n) is 14.8. The maximum atomic E-state index is 12.5. The number of nitro groups is 1. The van der Waals surface area contributed by atoms with E-state index in [9.17, 15) is 19.7 Å². The molecule has 1 aliphatic rings. The van der Waals surface area contributed by atoms with E-state index in [0.29, 0.717) is 25.2 Å². The second kappa shape index (κ2) is 9.35. The number of hydrazine groups is 1. The van der Waals surface area contributed by atoms with Crippen molar-refractivity contribution in [1.29, 1.82) is 0 Å². The quantitative estimate of drug-likeness (QED) is 0.595. The highest BCUT2D eigenvalue weighted by Crippen LogP contribution is 2.19. The predicted octanol–water partition coefficient (Wildman–Crippen LogP) is 2.37. The van der Waals surface area contributed by atoms with Crippen molar-refractivity contribution >= 4 is 35.7 Å². The largest absolute Gasteiger partial charge is 0.340 e. The zero-order valence-corrected chi connectivity index (χ0v) is 15.6. The van der Waals surface area contributed by atoms with Gasteiger partial charge in [0.25, 0.3) is 11.6 Å². The molecule has 1 aromatic carbocycles. The van der Waals surface area contributed by atoms with Crippen LogP contribution in [0.5, 0.6) is 0 Å². The first-order valence-electron chi connectivity index (χ1n) is 8.25. The van der Waals surface area contributed by atoms with E-state index in [4.69, 9.17) is 5.73 Å². The smallest absolute Gasteiger partial charge is 0.320 e. The van der Waals surface area contributed by atoms with E-state index in [2.05, 4.69) is 5.32 Å². The number of carbonyl (C=O) groups is 2. The van der Waals surface area contributed by atoms with Gasteiger partial charge in [0, 0.05) is 30.9 Å². The zero-order chi connectivity index (χ0) is 18.6. The number of amides is 3. The van der Waals surface area contributed by atoms with Gasteiger partial charge in [-0.05, 0) is 24.5 Å². The molecule has 3 N–H and O–H groups in total. The fourth-order valence-electron chi connectivity index (χ4n) is 2.58. The van der Waals surface area contributed by atoms with Crippen LogP contribution in [0.2, 0.25) is 0 Å². The molecular formula is C16H24ClN5O4. The molecule has 1 aromatic rings. The van der Waals surface area contributed by atoms with Gasteiger partial charge < -0.3 is 11.1 Å². The maximum Gasteiger partial charge on any atom is 0.340 e. The number of hydrogen-bond donors (Lipinski definition) is 2. The van der Waals surface area contributed by atoms with Crippen LogP contribution in [-0.4, -0.2) is 46.0 Å². The van der Waals surface area contributed by atoms with Crippen molar-refractivity contribution < 1.29 is 14.5 Å². The topological polar surface area (TPSA) is 122 Å². The monoisotopic (exact) mass is 385 g/mol. The van der Waals surface area contributed by atoms with E-state index in [0.717, 1.165) is 6.42 Å². The molecule has 144 valence electrons. The molecule has 26 heavy (non-hydrogen) atoms. The molecule has 1 unspecified atom stereocenters. The van der Waals surface area contributed by atoms with Crippen molar-refractivity contribution in [2.24, 2.45) is 11.7 Å². The summed E-state index contributed by atoms with van der Waals surface area (Å²) < 4.78 is 0. The molecule has 10 heteroatoms. The molecule has 0 spiro atoms. The molecule has 1 fully saturated rings. The summed E-state index contributed by atoms with van der Waals surface area (Å²) in [6.45, 7) is 4.72. The number of nitrogens with two attached hydrogens (primary N) is 1. The summed E-state index contributed by atoms with van der Waals surface area (Å²) in [5, 5.41) is 16.0. The number of rotatable bonds is 5. The Kier molecular flexibility index (Phi) is 7.78. The molecule has 0 saturated carbocycles. The van der Waals surface area contributed by atoms with Gasteiger partial charge in [-0.15, -0.1) is 12.4 Å². The van der Waals surface area contributed by atoms with Crippen LogP contribution in [0.4, 0.5) is 16.2 Å². The molecular weight excluding hydrogens is 362 g/mol. The van der Waals surface area contributed by atoms with Crippen LogP contribution >= 0.6 is 12.4 Å². The third kappa shape index (κ3) is 4.83. The van der Waals surface area contributed by atoms with Gasteiger partial charge in [-0.25, -0.2) is 14.8 Å². The second-order valence-corrected chi connectivity index (χ2v) is 6.08. The molecule has 1 heterocycles. The Hall–Kier alpha value is -2.39. The minimum Gasteiger partial charge on any atom is -0.320 e. The van der Waals surface area contributed by atoms with Crippen molar-refractivity contribution in [3.05, 3.63) is 34.4 Å². The van der Waals surface area contributed by atoms with Gasteiger partial charge in [-0.2, -0.15) is 0 Å². The maximum absolute atomic E-state index is 12.5. The molecule has 0 bridgehead atoms. The lowest BCUT2D eigenvalue weighted by molar-refractivity contribution is -0.384. The summed E-state index contributed by atoms with van der Waals surface area (Å²) in [5.74, 6) is -0.251. The average Bonchev–Trinajstić information content (AvgIpc) is 3.10. The van der Waals surface area contributed by atoms with E-state index in [-0.39, 0.29) is 29.9 Å². The van der Waals surface area contributed by atoms with Gasteiger partial charge in [0.2, 0.25) is 0 Å². The number of halogens is 1. The van der Waals surface area contributed by atoms with Gasteiger partial charge in [-0.3, -0.25) is 14.9 Å². The van der Waals surface area contributed by atoms with Crippen LogP contribution in [0.3, 0.4) is 0 Å². The molecule has 2 atom stereocenters. The summed E-state index contributed by atoms with van der Waals surface area (Å²) in [5.41, 5.74) is 6.36. The number of nitrogens with zero attached hydrogens (tertiary/aromatic N) is 3. The number of hydrogen-bond acceptors (Lipinski definition) is 5. The van der Waals surface area contributed by atoms with E-state index in [1.54, 1.807) is 0 Å². The SMILES string of the molecule is CCC(C)[C@H](N)C(=O)N1CCCN1C(=O)Nc1ccc([N+](=O)[O-])cc1.Cl. The van der Waals surface area contributed by atoms with Gasteiger partial charge in [0.15, 0.2) is 0 Å². The van der Waals surface area contributed by atoms with Crippen LogP contribution in [0.1, 0.15) is 26.7 Å². The van der Waals surface area contributed by atoms with Crippen molar-refractivity contribution in [2.75, 3.05) is 18.4 Å². The first-order valence-corrected chi connectivity index (χ1v) is 8.25. The number of benzene rings is 1. The molecule has 0 radical (unpaired) electrons. The fourth-order valence-corrected chi connectivity index (χ4v) is 2.58. The predicted molar refractivity (Wildman–Crippen MR) is 99.8 cm³/mol. The Morgan fingerprint density at radius 1 is 1.27 bits per heavy atom. The van der Waals surface area contributed by atoms with Gasteiger partial charge in [0.1, 0.15) is 0 Å². The average molecular weight is 386 g/mol. The summed E-state index contributed by atoms with van der Waals surface area (Å²) in [7, 11) is 0. The first-order chi connectivity index (χ1) is 11.8. The van der Waals surface area contributed by atoms with Crippen LogP contribution in [0, 0.1) is 16.0 Å². The Balaban J connectivity index is 0.00000338. The summed E-state index contributed by atoms with van der Waals surface area (Å²) in [6, 6.07) is 4.39. The van der Waals surface area contributed by atoms with E-state index >= 15 is 0 Å². The van der Waals surface area contributed by atoms with E-state index in [1.807, 2.05) is 13.8 Å². The molecule has 9 nitrogen and oxygen atoms in total. The van der Waals surface area contributed by atoms with Crippen LogP contribution < -0.4 is 11.1 Å². The molecule has 1 saturated heterocycles. The fraction of sp³-hybridized carbons (Fsp3) is 0.500. The third-order valence-corrected chi connectivity index (χ3v) is 4.39. The Bertz CT molecular complexity index is 655. The summed E-state index contributed by atoms with van der Waals surface area (Å²) in [6.07, 6.45) is 1.45. The highest BCUT2D eigenvalue weighted by molar-refractivity contribution is 5.92. The van der Waals surface area contributed by atoms with Crippen molar-refractivity contribution in [1.82, 2.24) is 10.0 Å². The number of non-ortho nitro benzene ring substituents is 1. The van der Waals surface area contributed by atoms with Crippen molar-refractivity contribution in [3.8, 4) is 0 Å². The summed E-state index contributed by atoms with van der Waals surface area (Å²) >= 11 is 0. The second-order valence-electron chi connectivity index (χ2n) is 6.08. The minimum atomic E-state index is -0.655. The van der Waals surface area contributed by atoms with Crippen LogP contribution in [0.25, 0.3) is 0 Å². The van der Waals surface area contributed by atoms with E-state index in [1.165, 1.54) is 34.3 Å². The number of nitrogens with one attached hydrogen (secondary N) is 1. The van der Waals surface area contributed by atoms with Gasteiger partial charge in [0.05, 0.1) is 11.0 Å². The summed E-state index contributed by atoms with van der Waals surface area (Å²) in [4.78, 5) is 35.1. The lowest BCUT2D eigenvalue weighted by atomic mass is 9.99. The number of anilines is 1. The lowest BCUT2D eigenvalue weighted by Gasteiger charge is -2.31. The van der Waals surface area contributed by atoms with Crippen LogP contribution in [0.15, 0.2) is 24.3 Å².